The van der Waals surface area contributed by atoms with Gasteiger partial charge in [0.2, 0.25) is 5.91 Å². The van der Waals surface area contributed by atoms with Crippen LogP contribution < -0.4 is 20.1 Å². The van der Waals surface area contributed by atoms with Crippen molar-refractivity contribution in [1.29, 1.82) is 0 Å². The van der Waals surface area contributed by atoms with E-state index in [0.29, 0.717) is 37.3 Å². The first-order valence-electron chi connectivity index (χ1n) is 9.90. The molecule has 0 fully saturated rings. The van der Waals surface area contributed by atoms with Crippen molar-refractivity contribution < 1.29 is 19.1 Å². The standard InChI is InChI=1S/C23H30N2O4/c1-5-29-21-10-7-6-9-18(21)23(27)24-14-8-11-22(26)25-17(3)19-15-16(2)12-13-20(19)28-4/h6-7,9-10,12-13,15,17H,5,8,11,14H2,1-4H3,(H,24,27)(H,25,26). The van der Waals surface area contributed by atoms with Crippen LogP contribution in [0.2, 0.25) is 0 Å². The molecule has 0 radical (unpaired) electrons. The summed E-state index contributed by atoms with van der Waals surface area (Å²) in [5.41, 5.74) is 2.55. The Morgan fingerprint density at radius 2 is 1.86 bits per heavy atom. The molecule has 1 unspecified atom stereocenters. The highest BCUT2D eigenvalue weighted by Crippen LogP contribution is 2.26. The minimum Gasteiger partial charge on any atom is -0.496 e. The molecular weight excluding hydrogens is 368 g/mol. The number of benzene rings is 2. The van der Waals surface area contributed by atoms with Crippen LogP contribution >= 0.6 is 0 Å². The van der Waals surface area contributed by atoms with Gasteiger partial charge in [0.05, 0.1) is 25.3 Å². The average Bonchev–Trinajstić information content (AvgIpc) is 2.71. The fraction of sp³-hybridized carbons (Fsp3) is 0.391. The van der Waals surface area contributed by atoms with Gasteiger partial charge in [-0.15, -0.1) is 0 Å². The number of nitrogens with one attached hydrogen (secondary N) is 2. The van der Waals surface area contributed by atoms with Gasteiger partial charge < -0.3 is 20.1 Å². The second-order valence-electron chi connectivity index (χ2n) is 6.82. The number of rotatable bonds is 10. The number of aryl methyl sites for hydroxylation is 1. The lowest BCUT2D eigenvalue weighted by Crippen LogP contribution is -2.29. The van der Waals surface area contributed by atoms with E-state index in [0.717, 1.165) is 16.9 Å². The maximum absolute atomic E-state index is 12.3. The zero-order valence-corrected chi connectivity index (χ0v) is 17.6. The van der Waals surface area contributed by atoms with Gasteiger partial charge in [-0.2, -0.15) is 0 Å². The molecule has 2 N–H and O–H groups in total. The van der Waals surface area contributed by atoms with Crippen molar-refractivity contribution in [3.8, 4) is 11.5 Å². The lowest BCUT2D eigenvalue weighted by atomic mass is 10.0. The van der Waals surface area contributed by atoms with Crippen LogP contribution in [0.4, 0.5) is 0 Å². The molecule has 0 aliphatic rings. The molecule has 6 nitrogen and oxygen atoms in total. The number of hydrogen-bond acceptors (Lipinski definition) is 4. The molecule has 6 heteroatoms. The number of carbonyl (C=O) groups is 2. The minimum absolute atomic E-state index is 0.0648. The van der Waals surface area contributed by atoms with E-state index in [9.17, 15) is 9.59 Å². The molecule has 0 saturated carbocycles. The first-order chi connectivity index (χ1) is 14.0. The first-order valence-corrected chi connectivity index (χ1v) is 9.90. The predicted molar refractivity (Wildman–Crippen MR) is 113 cm³/mol. The van der Waals surface area contributed by atoms with Gasteiger partial charge in [-0.25, -0.2) is 0 Å². The molecule has 0 saturated heterocycles. The van der Waals surface area contributed by atoms with Crippen molar-refractivity contribution in [2.75, 3.05) is 20.3 Å². The summed E-state index contributed by atoms with van der Waals surface area (Å²) in [6.45, 7) is 6.72. The molecule has 2 aromatic rings. The Kier molecular flexibility index (Phi) is 8.52. The van der Waals surface area contributed by atoms with Gasteiger partial charge in [-0.3, -0.25) is 9.59 Å². The third-order valence-electron chi connectivity index (χ3n) is 4.53. The van der Waals surface area contributed by atoms with Crippen LogP contribution in [-0.4, -0.2) is 32.1 Å². The van der Waals surface area contributed by atoms with E-state index in [4.69, 9.17) is 9.47 Å². The molecular formula is C23H30N2O4. The highest BCUT2D eigenvalue weighted by atomic mass is 16.5. The second kappa shape index (κ2) is 11.1. The molecule has 1 atom stereocenters. The fourth-order valence-corrected chi connectivity index (χ4v) is 3.07. The van der Waals surface area contributed by atoms with Crippen molar-refractivity contribution in [2.45, 2.75) is 39.7 Å². The largest absolute Gasteiger partial charge is 0.496 e. The summed E-state index contributed by atoms with van der Waals surface area (Å²) >= 11 is 0. The summed E-state index contributed by atoms with van der Waals surface area (Å²) in [5, 5.41) is 5.84. The van der Waals surface area contributed by atoms with Crippen LogP contribution in [0.25, 0.3) is 0 Å². The molecule has 0 aliphatic heterocycles. The number of para-hydroxylation sites is 1. The zero-order chi connectivity index (χ0) is 21.2. The summed E-state index contributed by atoms with van der Waals surface area (Å²) in [6, 6.07) is 12.9. The van der Waals surface area contributed by atoms with E-state index in [2.05, 4.69) is 10.6 Å². The molecule has 0 bridgehead atoms. The van der Waals surface area contributed by atoms with Crippen molar-refractivity contribution in [3.05, 3.63) is 59.2 Å². The van der Waals surface area contributed by atoms with Crippen LogP contribution in [0.15, 0.2) is 42.5 Å². The van der Waals surface area contributed by atoms with Gasteiger partial charge >= 0.3 is 0 Å². The van der Waals surface area contributed by atoms with Crippen molar-refractivity contribution in [2.24, 2.45) is 0 Å². The SMILES string of the molecule is CCOc1ccccc1C(=O)NCCCC(=O)NC(C)c1cc(C)ccc1OC. The fourth-order valence-electron chi connectivity index (χ4n) is 3.07. The first kappa shape index (κ1) is 22.3. The Morgan fingerprint density at radius 1 is 1.10 bits per heavy atom. The van der Waals surface area contributed by atoms with Crippen LogP contribution in [0, 0.1) is 6.92 Å². The molecule has 2 aromatic carbocycles. The van der Waals surface area contributed by atoms with Crippen molar-refractivity contribution >= 4 is 11.8 Å². The van der Waals surface area contributed by atoms with E-state index >= 15 is 0 Å². The van der Waals surface area contributed by atoms with Crippen molar-refractivity contribution in [1.82, 2.24) is 10.6 Å². The van der Waals surface area contributed by atoms with E-state index in [-0.39, 0.29) is 17.9 Å². The second-order valence-corrected chi connectivity index (χ2v) is 6.82. The molecule has 29 heavy (non-hydrogen) atoms. The third kappa shape index (κ3) is 6.52. The summed E-state index contributed by atoms with van der Waals surface area (Å²) in [4.78, 5) is 24.6. The summed E-state index contributed by atoms with van der Waals surface area (Å²) in [5.74, 6) is 1.05. The normalized spacial score (nSPS) is 11.4. The van der Waals surface area contributed by atoms with E-state index in [1.807, 2.05) is 45.0 Å². The summed E-state index contributed by atoms with van der Waals surface area (Å²) in [7, 11) is 1.62. The summed E-state index contributed by atoms with van der Waals surface area (Å²) in [6.07, 6.45) is 0.873. The predicted octanol–water partition coefficient (Wildman–Crippen LogP) is 3.79. The number of ether oxygens (including phenoxy) is 2. The molecule has 0 heterocycles. The number of methoxy groups -OCH3 is 1. The zero-order valence-electron chi connectivity index (χ0n) is 17.6. The van der Waals surface area contributed by atoms with Gasteiger partial charge in [-0.1, -0.05) is 29.8 Å². The Labute approximate surface area is 172 Å². The molecule has 2 amide bonds. The van der Waals surface area contributed by atoms with Gasteiger partial charge in [0.25, 0.3) is 5.91 Å². The van der Waals surface area contributed by atoms with E-state index in [1.165, 1.54) is 0 Å². The molecule has 0 aliphatic carbocycles. The van der Waals surface area contributed by atoms with E-state index < -0.39 is 0 Å². The number of amides is 2. The average molecular weight is 399 g/mol. The Balaban J connectivity index is 1.80. The lowest BCUT2D eigenvalue weighted by molar-refractivity contribution is -0.121. The molecule has 2 rings (SSSR count). The Bertz CT molecular complexity index is 835. The number of carbonyl (C=O) groups excluding carboxylic acids is 2. The van der Waals surface area contributed by atoms with Crippen LogP contribution in [0.5, 0.6) is 11.5 Å². The van der Waals surface area contributed by atoms with Crippen LogP contribution in [0.1, 0.15) is 54.2 Å². The summed E-state index contributed by atoms with van der Waals surface area (Å²) < 4.78 is 10.9. The maximum atomic E-state index is 12.3. The van der Waals surface area contributed by atoms with Gasteiger partial charge in [0.1, 0.15) is 11.5 Å². The van der Waals surface area contributed by atoms with Gasteiger partial charge in [0, 0.05) is 18.5 Å². The van der Waals surface area contributed by atoms with Crippen LogP contribution in [0.3, 0.4) is 0 Å². The minimum atomic E-state index is -0.202. The Hall–Kier alpha value is -3.02. The molecule has 156 valence electrons. The third-order valence-corrected chi connectivity index (χ3v) is 4.53. The van der Waals surface area contributed by atoms with E-state index in [1.54, 1.807) is 25.3 Å². The Morgan fingerprint density at radius 3 is 2.59 bits per heavy atom. The smallest absolute Gasteiger partial charge is 0.255 e. The number of hydrogen-bond donors (Lipinski definition) is 2. The quantitative estimate of drug-likeness (QED) is 0.597. The lowest BCUT2D eigenvalue weighted by Gasteiger charge is -2.18. The van der Waals surface area contributed by atoms with Crippen molar-refractivity contribution in [3.63, 3.8) is 0 Å². The van der Waals surface area contributed by atoms with Crippen LogP contribution in [-0.2, 0) is 4.79 Å². The van der Waals surface area contributed by atoms with Gasteiger partial charge in [-0.05, 0) is 45.4 Å². The maximum Gasteiger partial charge on any atom is 0.255 e. The molecule has 0 aromatic heterocycles. The molecule has 0 spiro atoms. The highest BCUT2D eigenvalue weighted by Gasteiger charge is 2.15. The monoisotopic (exact) mass is 398 g/mol. The topological polar surface area (TPSA) is 76.7 Å². The van der Waals surface area contributed by atoms with Gasteiger partial charge in [0.15, 0.2) is 0 Å². The highest BCUT2D eigenvalue weighted by molar-refractivity contribution is 5.96.